The molecule has 0 aliphatic rings. The van der Waals surface area contributed by atoms with Crippen molar-refractivity contribution in [2.24, 2.45) is 0 Å². The molecule has 1 heterocycles. The van der Waals surface area contributed by atoms with Crippen LogP contribution in [0, 0.1) is 6.92 Å². The number of para-hydroxylation sites is 1. The summed E-state index contributed by atoms with van der Waals surface area (Å²) in [5.41, 5.74) is 5.57. The monoisotopic (exact) mass is 520 g/mol. The van der Waals surface area contributed by atoms with Crippen molar-refractivity contribution in [2.75, 3.05) is 20.8 Å². The first-order valence-corrected chi connectivity index (χ1v) is 12.2. The molecule has 0 spiro atoms. The molecule has 0 aliphatic heterocycles. The van der Waals surface area contributed by atoms with Gasteiger partial charge in [0.2, 0.25) is 0 Å². The van der Waals surface area contributed by atoms with Gasteiger partial charge in [0.15, 0.2) is 18.1 Å². The Morgan fingerprint density at radius 1 is 1.03 bits per heavy atom. The van der Waals surface area contributed by atoms with Gasteiger partial charge >= 0.3 is 5.97 Å². The van der Waals surface area contributed by atoms with Crippen LogP contribution in [0.5, 0.6) is 17.2 Å². The molecule has 8 heteroatoms. The van der Waals surface area contributed by atoms with E-state index in [1.807, 2.05) is 55.5 Å². The van der Waals surface area contributed by atoms with Crippen LogP contribution in [0.25, 0.3) is 28.2 Å². The molecular weight excluding hydrogens is 492 g/mol. The number of carboxylic acids is 1. The smallest absolute Gasteiger partial charge is 0.341 e. The Bertz CT molecular complexity index is 1440. The van der Waals surface area contributed by atoms with Gasteiger partial charge in [0.25, 0.3) is 0 Å². The Morgan fingerprint density at radius 3 is 2.43 bits per heavy atom. The van der Waals surface area contributed by atoms with Crippen LogP contribution < -0.4 is 14.2 Å². The zero-order valence-corrected chi connectivity index (χ0v) is 22.2. The van der Waals surface area contributed by atoms with Crippen molar-refractivity contribution in [1.82, 2.24) is 9.78 Å². The number of methoxy groups -OCH3 is 2. The van der Waals surface area contributed by atoms with Gasteiger partial charge in [0, 0.05) is 16.1 Å². The van der Waals surface area contributed by atoms with Gasteiger partial charge in [-0.2, -0.15) is 5.10 Å². The highest BCUT2D eigenvalue weighted by Crippen LogP contribution is 2.42. The van der Waals surface area contributed by atoms with Crippen LogP contribution in [0.1, 0.15) is 30.9 Å². The topological polar surface area (TPSA) is 82.8 Å². The number of hydrogen-bond donors (Lipinski definition) is 1. The molecule has 4 aromatic rings. The molecule has 0 bridgehead atoms. The lowest BCUT2D eigenvalue weighted by molar-refractivity contribution is -0.139. The number of aromatic nitrogens is 2. The fraction of sp³-hybridized carbons (Fsp3) is 0.241. The highest BCUT2D eigenvalue weighted by molar-refractivity contribution is 6.30. The SMILES string of the molecule is COc1cccc(-c2cc(-c3c(C)cc(C(C)C)cc3OCC(=O)O)nn2-c2cccc(Cl)c2)c1OC. The average Bonchev–Trinajstić information content (AvgIpc) is 3.31. The zero-order valence-electron chi connectivity index (χ0n) is 21.4. The minimum absolute atomic E-state index is 0.237. The van der Waals surface area contributed by atoms with Gasteiger partial charge in [0.1, 0.15) is 5.75 Å². The van der Waals surface area contributed by atoms with E-state index in [0.29, 0.717) is 28.0 Å². The molecule has 37 heavy (non-hydrogen) atoms. The van der Waals surface area contributed by atoms with E-state index in [1.165, 1.54) is 0 Å². The van der Waals surface area contributed by atoms with Crippen molar-refractivity contribution in [3.05, 3.63) is 76.8 Å². The Hall–Kier alpha value is -3.97. The van der Waals surface area contributed by atoms with Crippen LogP contribution in [0.15, 0.2) is 60.7 Å². The van der Waals surface area contributed by atoms with Crippen molar-refractivity contribution in [3.8, 4) is 45.5 Å². The normalized spacial score (nSPS) is 11.0. The third kappa shape index (κ3) is 5.42. The van der Waals surface area contributed by atoms with Gasteiger partial charge in [-0.3, -0.25) is 0 Å². The number of ether oxygens (including phenoxy) is 3. The van der Waals surface area contributed by atoms with E-state index >= 15 is 0 Å². The minimum atomic E-state index is -1.05. The second-order valence-electron chi connectivity index (χ2n) is 8.90. The predicted octanol–water partition coefficient (Wildman–Crippen LogP) is 6.77. The fourth-order valence-corrected chi connectivity index (χ4v) is 4.47. The molecule has 1 aromatic heterocycles. The third-order valence-electron chi connectivity index (χ3n) is 6.04. The molecule has 0 fully saturated rings. The Balaban J connectivity index is 2.00. The van der Waals surface area contributed by atoms with Crippen LogP contribution in [0.3, 0.4) is 0 Å². The number of rotatable bonds is 9. The molecule has 192 valence electrons. The Morgan fingerprint density at radius 2 is 1.78 bits per heavy atom. The minimum Gasteiger partial charge on any atom is -0.493 e. The maximum atomic E-state index is 11.3. The largest absolute Gasteiger partial charge is 0.493 e. The predicted molar refractivity (Wildman–Crippen MR) is 145 cm³/mol. The van der Waals surface area contributed by atoms with Crippen LogP contribution >= 0.6 is 11.6 Å². The number of carbonyl (C=O) groups is 1. The first-order chi connectivity index (χ1) is 17.7. The van der Waals surface area contributed by atoms with Gasteiger partial charge in [-0.15, -0.1) is 0 Å². The molecule has 0 unspecified atom stereocenters. The number of aryl methyl sites for hydroxylation is 1. The number of nitrogens with zero attached hydrogens (tertiary/aromatic N) is 2. The van der Waals surface area contributed by atoms with E-state index in [9.17, 15) is 9.90 Å². The number of carboxylic acid groups (broad SMARTS) is 1. The van der Waals surface area contributed by atoms with Crippen molar-refractivity contribution < 1.29 is 24.1 Å². The van der Waals surface area contributed by atoms with Gasteiger partial charge in [0.05, 0.1) is 31.3 Å². The maximum Gasteiger partial charge on any atom is 0.341 e. The summed E-state index contributed by atoms with van der Waals surface area (Å²) >= 11 is 6.33. The van der Waals surface area contributed by atoms with Crippen LogP contribution in [0.4, 0.5) is 0 Å². The van der Waals surface area contributed by atoms with Crippen molar-refractivity contribution in [1.29, 1.82) is 0 Å². The molecule has 0 saturated carbocycles. The third-order valence-corrected chi connectivity index (χ3v) is 6.27. The van der Waals surface area contributed by atoms with Crippen LogP contribution in [-0.2, 0) is 4.79 Å². The van der Waals surface area contributed by atoms with Gasteiger partial charge in [-0.05, 0) is 66.4 Å². The zero-order chi connectivity index (χ0) is 26.7. The van der Waals surface area contributed by atoms with E-state index in [4.69, 9.17) is 30.9 Å². The molecule has 7 nitrogen and oxygen atoms in total. The lowest BCUT2D eigenvalue weighted by atomic mass is 9.95. The quantitative estimate of drug-likeness (QED) is 0.262. The molecule has 0 amide bonds. The van der Waals surface area contributed by atoms with E-state index in [2.05, 4.69) is 19.9 Å². The van der Waals surface area contributed by atoms with Crippen LogP contribution in [-0.4, -0.2) is 41.7 Å². The van der Waals surface area contributed by atoms with E-state index in [0.717, 1.165) is 33.6 Å². The summed E-state index contributed by atoms with van der Waals surface area (Å²) in [6.07, 6.45) is 0. The van der Waals surface area contributed by atoms with Crippen molar-refractivity contribution in [2.45, 2.75) is 26.7 Å². The number of aliphatic carboxylic acids is 1. The molecule has 0 saturated heterocycles. The summed E-state index contributed by atoms with van der Waals surface area (Å²) in [7, 11) is 3.18. The van der Waals surface area contributed by atoms with Crippen molar-refractivity contribution >= 4 is 17.6 Å². The lowest BCUT2D eigenvalue weighted by Gasteiger charge is -2.15. The molecule has 1 N–H and O–H groups in total. The Labute approximate surface area is 221 Å². The molecule has 0 radical (unpaired) electrons. The second-order valence-corrected chi connectivity index (χ2v) is 9.33. The lowest BCUT2D eigenvalue weighted by Crippen LogP contribution is -2.11. The number of benzene rings is 3. The van der Waals surface area contributed by atoms with E-state index in [-0.39, 0.29) is 5.92 Å². The molecule has 0 atom stereocenters. The molecule has 3 aromatic carbocycles. The van der Waals surface area contributed by atoms with E-state index in [1.54, 1.807) is 25.0 Å². The molecule has 0 aliphatic carbocycles. The molecule has 4 rings (SSSR count). The Kier molecular flexibility index (Phi) is 7.74. The van der Waals surface area contributed by atoms with E-state index < -0.39 is 12.6 Å². The summed E-state index contributed by atoms with van der Waals surface area (Å²) in [5.74, 6) is 0.800. The summed E-state index contributed by atoms with van der Waals surface area (Å²) in [4.78, 5) is 11.3. The van der Waals surface area contributed by atoms with Gasteiger partial charge in [-0.25, -0.2) is 9.48 Å². The standard InChI is InChI=1S/C29H29ClN2O5/c1-17(2)19-12-18(3)28(26(13-19)37-16-27(33)34)23-15-24(22-10-7-11-25(35-4)29(22)36-5)32(31-23)21-9-6-8-20(30)14-21/h6-15,17H,16H2,1-5H3,(H,33,34). The fourth-order valence-electron chi connectivity index (χ4n) is 4.29. The summed E-state index contributed by atoms with van der Waals surface area (Å²) in [5, 5.41) is 14.8. The van der Waals surface area contributed by atoms with Gasteiger partial charge < -0.3 is 19.3 Å². The van der Waals surface area contributed by atoms with Crippen molar-refractivity contribution in [3.63, 3.8) is 0 Å². The first-order valence-electron chi connectivity index (χ1n) is 11.8. The van der Waals surface area contributed by atoms with Crippen LogP contribution in [0.2, 0.25) is 5.02 Å². The second kappa shape index (κ2) is 11.0. The average molecular weight is 521 g/mol. The molecular formula is C29H29ClN2O5. The highest BCUT2D eigenvalue weighted by atomic mass is 35.5. The summed E-state index contributed by atoms with van der Waals surface area (Å²) < 4.78 is 18.8. The first kappa shape index (κ1) is 26.1. The highest BCUT2D eigenvalue weighted by Gasteiger charge is 2.23. The maximum absolute atomic E-state index is 11.3. The summed E-state index contributed by atoms with van der Waals surface area (Å²) in [6.45, 7) is 5.67. The number of halogens is 1. The van der Waals surface area contributed by atoms with Gasteiger partial charge in [-0.1, -0.05) is 43.6 Å². The number of hydrogen-bond acceptors (Lipinski definition) is 5. The summed E-state index contributed by atoms with van der Waals surface area (Å²) in [6, 6.07) is 18.9.